The van der Waals surface area contributed by atoms with Crippen molar-refractivity contribution in [2.75, 3.05) is 39.1 Å². The molecule has 3 nitrogen and oxygen atoms in total. The topological polar surface area (TPSA) is 29.5 Å². The molecule has 1 aromatic carbocycles. The summed E-state index contributed by atoms with van der Waals surface area (Å²) in [7, 11) is 0. The average Bonchev–Trinajstić information content (AvgIpc) is 2.67. The molecule has 18 heavy (non-hydrogen) atoms. The Morgan fingerprint density at radius 2 is 2.06 bits per heavy atom. The summed E-state index contributed by atoms with van der Waals surface area (Å²) in [6, 6.07) is 7.85. The van der Waals surface area contributed by atoms with Crippen LogP contribution in [0, 0.1) is 0 Å². The van der Waals surface area contributed by atoms with Gasteiger partial charge in [0.15, 0.2) is 5.78 Å². The Morgan fingerprint density at radius 3 is 2.78 bits per heavy atom. The van der Waals surface area contributed by atoms with Gasteiger partial charge in [-0.05, 0) is 24.8 Å². The summed E-state index contributed by atoms with van der Waals surface area (Å²) in [5.74, 6) is 0.199. The molecule has 0 N–H and O–H groups in total. The van der Waals surface area contributed by atoms with Crippen LogP contribution in [-0.2, 0) is 4.74 Å². The molecule has 1 fully saturated rings. The lowest BCUT2D eigenvalue weighted by Crippen LogP contribution is -2.32. The van der Waals surface area contributed by atoms with Crippen molar-refractivity contribution in [2.45, 2.75) is 11.3 Å². The molecule has 0 bridgehead atoms. The molecule has 98 valence electrons. The van der Waals surface area contributed by atoms with Crippen molar-refractivity contribution in [2.24, 2.45) is 0 Å². The lowest BCUT2D eigenvalue weighted by atomic mass is 10.1. The first-order valence-electron chi connectivity index (χ1n) is 6.27. The minimum Gasteiger partial charge on any atom is -0.380 e. The van der Waals surface area contributed by atoms with Gasteiger partial charge in [-0.2, -0.15) is 0 Å². The molecule has 1 saturated heterocycles. The highest BCUT2D eigenvalue weighted by atomic mass is 32.2. The number of carbonyl (C=O) groups excluding carboxylic acids is 1. The van der Waals surface area contributed by atoms with Gasteiger partial charge in [0.2, 0.25) is 0 Å². The number of hydrogen-bond acceptors (Lipinski definition) is 4. The normalized spacial score (nSPS) is 17.4. The molecule has 2 rings (SSSR count). The van der Waals surface area contributed by atoms with Gasteiger partial charge in [-0.3, -0.25) is 9.69 Å². The van der Waals surface area contributed by atoms with Crippen LogP contribution in [0.25, 0.3) is 0 Å². The van der Waals surface area contributed by atoms with Crippen LogP contribution in [-0.4, -0.2) is 49.8 Å². The number of carbonyl (C=O) groups is 1. The van der Waals surface area contributed by atoms with Gasteiger partial charge in [0.25, 0.3) is 0 Å². The summed E-state index contributed by atoms with van der Waals surface area (Å²) in [4.78, 5) is 15.5. The predicted molar refractivity (Wildman–Crippen MR) is 74.4 cm³/mol. The van der Waals surface area contributed by atoms with E-state index in [2.05, 4.69) is 4.90 Å². The molecular formula is C14H19NO2S. The Balaban J connectivity index is 1.93. The number of benzene rings is 1. The summed E-state index contributed by atoms with van der Waals surface area (Å²) in [6.07, 6.45) is 3.05. The molecule has 0 spiro atoms. The van der Waals surface area contributed by atoms with E-state index in [4.69, 9.17) is 4.74 Å². The molecule has 0 aliphatic carbocycles. The third-order valence-corrected chi connectivity index (χ3v) is 3.84. The lowest BCUT2D eigenvalue weighted by molar-refractivity contribution is 0.0922. The molecule has 0 unspecified atom stereocenters. The SMILES string of the molecule is CSc1ccc(C(=O)CN2CCCOCC2)cc1. The molecule has 1 aromatic rings. The second-order valence-electron chi connectivity index (χ2n) is 4.39. The third kappa shape index (κ3) is 3.83. The van der Waals surface area contributed by atoms with Crippen LogP contribution in [0.2, 0.25) is 0 Å². The highest BCUT2D eigenvalue weighted by molar-refractivity contribution is 7.98. The number of ketones is 1. The first-order chi connectivity index (χ1) is 8.79. The lowest BCUT2D eigenvalue weighted by Gasteiger charge is -2.17. The first kappa shape index (κ1) is 13.6. The zero-order valence-electron chi connectivity index (χ0n) is 10.7. The molecule has 1 aliphatic rings. The van der Waals surface area contributed by atoms with Crippen molar-refractivity contribution in [1.82, 2.24) is 4.90 Å². The molecule has 4 heteroatoms. The Morgan fingerprint density at radius 1 is 1.28 bits per heavy atom. The summed E-state index contributed by atoms with van der Waals surface area (Å²) in [5.41, 5.74) is 0.804. The molecule has 1 aliphatic heterocycles. The third-order valence-electron chi connectivity index (χ3n) is 3.09. The summed E-state index contributed by atoms with van der Waals surface area (Å²) < 4.78 is 5.39. The second-order valence-corrected chi connectivity index (χ2v) is 5.27. The molecule has 0 aromatic heterocycles. The zero-order valence-corrected chi connectivity index (χ0v) is 11.5. The number of nitrogens with zero attached hydrogens (tertiary/aromatic N) is 1. The Kier molecular flexibility index (Phi) is 5.23. The van der Waals surface area contributed by atoms with Crippen LogP contribution in [0.1, 0.15) is 16.8 Å². The molecular weight excluding hydrogens is 246 g/mol. The van der Waals surface area contributed by atoms with Gasteiger partial charge in [0.1, 0.15) is 0 Å². The number of thioether (sulfide) groups is 1. The minimum absolute atomic E-state index is 0.199. The zero-order chi connectivity index (χ0) is 12.8. The van der Waals surface area contributed by atoms with Gasteiger partial charge in [-0.25, -0.2) is 0 Å². The highest BCUT2D eigenvalue weighted by Gasteiger charge is 2.14. The van der Waals surface area contributed by atoms with E-state index in [1.54, 1.807) is 11.8 Å². The van der Waals surface area contributed by atoms with Crippen LogP contribution in [0.3, 0.4) is 0 Å². The van der Waals surface area contributed by atoms with E-state index in [1.165, 1.54) is 4.90 Å². The molecule has 0 radical (unpaired) electrons. The Bertz CT molecular complexity index is 383. The summed E-state index contributed by atoms with van der Waals surface area (Å²) in [6.45, 7) is 3.86. The van der Waals surface area contributed by atoms with Crippen LogP contribution in [0.5, 0.6) is 0 Å². The van der Waals surface area contributed by atoms with Crippen molar-refractivity contribution in [1.29, 1.82) is 0 Å². The minimum atomic E-state index is 0.199. The van der Waals surface area contributed by atoms with Crippen molar-refractivity contribution in [3.8, 4) is 0 Å². The van der Waals surface area contributed by atoms with Crippen LogP contribution in [0.15, 0.2) is 29.2 Å². The Labute approximate surface area is 113 Å². The predicted octanol–water partition coefficient (Wildman–Crippen LogP) is 2.31. The fourth-order valence-corrected chi connectivity index (χ4v) is 2.44. The van der Waals surface area contributed by atoms with Gasteiger partial charge in [-0.15, -0.1) is 11.8 Å². The monoisotopic (exact) mass is 265 g/mol. The van der Waals surface area contributed by atoms with Crippen LogP contribution in [0.4, 0.5) is 0 Å². The second kappa shape index (κ2) is 6.92. The average molecular weight is 265 g/mol. The fourth-order valence-electron chi connectivity index (χ4n) is 2.03. The largest absolute Gasteiger partial charge is 0.380 e. The van der Waals surface area contributed by atoms with Crippen molar-refractivity contribution in [3.05, 3.63) is 29.8 Å². The van der Waals surface area contributed by atoms with Gasteiger partial charge >= 0.3 is 0 Å². The standard InChI is InChI=1S/C14H19NO2S/c1-18-13-5-3-12(4-6-13)14(16)11-15-7-2-9-17-10-8-15/h3-6H,2,7-11H2,1H3. The molecule has 0 saturated carbocycles. The maximum atomic E-state index is 12.1. The number of hydrogen-bond donors (Lipinski definition) is 0. The fraction of sp³-hybridized carbons (Fsp3) is 0.500. The smallest absolute Gasteiger partial charge is 0.176 e. The van der Waals surface area contributed by atoms with Crippen molar-refractivity contribution >= 4 is 17.5 Å². The van der Waals surface area contributed by atoms with E-state index in [0.29, 0.717) is 6.54 Å². The van der Waals surface area contributed by atoms with Gasteiger partial charge in [-0.1, -0.05) is 12.1 Å². The van der Waals surface area contributed by atoms with E-state index < -0.39 is 0 Å². The van der Waals surface area contributed by atoms with E-state index in [1.807, 2.05) is 30.5 Å². The summed E-state index contributed by atoms with van der Waals surface area (Å²) in [5, 5.41) is 0. The van der Waals surface area contributed by atoms with E-state index in [-0.39, 0.29) is 5.78 Å². The molecule has 0 amide bonds. The maximum absolute atomic E-state index is 12.1. The number of rotatable bonds is 4. The van der Waals surface area contributed by atoms with E-state index in [0.717, 1.165) is 38.3 Å². The quantitative estimate of drug-likeness (QED) is 0.617. The number of Topliss-reactive ketones (excluding diaryl/α,β-unsaturated/α-hetero) is 1. The van der Waals surface area contributed by atoms with E-state index >= 15 is 0 Å². The van der Waals surface area contributed by atoms with Gasteiger partial charge < -0.3 is 4.74 Å². The maximum Gasteiger partial charge on any atom is 0.176 e. The molecule has 1 heterocycles. The molecule has 0 atom stereocenters. The van der Waals surface area contributed by atoms with Crippen LogP contribution >= 0.6 is 11.8 Å². The van der Waals surface area contributed by atoms with Crippen molar-refractivity contribution in [3.63, 3.8) is 0 Å². The highest BCUT2D eigenvalue weighted by Crippen LogP contribution is 2.15. The van der Waals surface area contributed by atoms with E-state index in [9.17, 15) is 4.79 Å². The Hall–Kier alpha value is -0.840. The van der Waals surface area contributed by atoms with Crippen molar-refractivity contribution < 1.29 is 9.53 Å². The van der Waals surface area contributed by atoms with Crippen LogP contribution < -0.4 is 0 Å². The van der Waals surface area contributed by atoms with Gasteiger partial charge in [0, 0.05) is 30.2 Å². The van der Waals surface area contributed by atoms with Gasteiger partial charge in [0.05, 0.1) is 13.2 Å². The number of ether oxygens (including phenoxy) is 1. The summed E-state index contributed by atoms with van der Waals surface area (Å²) >= 11 is 1.69. The first-order valence-corrected chi connectivity index (χ1v) is 7.49.